The summed E-state index contributed by atoms with van der Waals surface area (Å²) in [6, 6.07) is 15.4. The fourth-order valence-corrected chi connectivity index (χ4v) is 4.81. The average molecular weight is 441 g/mol. The third-order valence-electron chi connectivity index (χ3n) is 6.54. The molecule has 0 aliphatic heterocycles. The summed E-state index contributed by atoms with van der Waals surface area (Å²) in [5.41, 5.74) is 13.7. The molecule has 0 fully saturated rings. The van der Waals surface area contributed by atoms with Crippen molar-refractivity contribution < 1.29 is 9.47 Å². The van der Waals surface area contributed by atoms with Crippen molar-refractivity contribution in [1.82, 2.24) is 0 Å². The maximum atomic E-state index is 6.42. The van der Waals surface area contributed by atoms with Crippen LogP contribution in [0.2, 0.25) is 0 Å². The van der Waals surface area contributed by atoms with E-state index in [9.17, 15) is 0 Å². The lowest BCUT2D eigenvalue weighted by Crippen LogP contribution is -2.47. The molecule has 0 heterocycles. The fourth-order valence-electron chi connectivity index (χ4n) is 4.81. The van der Waals surface area contributed by atoms with Crippen LogP contribution < -0.4 is 20.9 Å². The molecule has 0 saturated carbocycles. The van der Waals surface area contributed by atoms with Gasteiger partial charge in [0.1, 0.15) is 11.5 Å². The lowest BCUT2D eigenvalue weighted by molar-refractivity contribution is -0.0348. The van der Waals surface area contributed by atoms with E-state index in [1.165, 1.54) is 0 Å². The molecule has 0 amide bonds. The van der Waals surface area contributed by atoms with Crippen molar-refractivity contribution in [2.45, 2.75) is 61.3 Å². The summed E-state index contributed by atoms with van der Waals surface area (Å²) in [5.74, 6) is 2.79. The van der Waals surface area contributed by atoms with Gasteiger partial charge in [-0.1, -0.05) is 72.7 Å². The minimum atomic E-state index is -0.206. The van der Waals surface area contributed by atoms with Crippen molar-refractivity contribution in [2.75, 3.05) is 24.7 Å². The minimum absolute atomic E-state index is 0.194. The van der Waals surface area contributed by atoms with Gasteiger partial charge in [-0.15, -0.1) is 0 Å². The van der Waals surface area contributed by atoms with Crippen LogP contribution in [-0.4, -0.2) is 13.2 Å². The summed E-state index contributed by atoms with van der Waals surface area (Å²) < 4.78 is 12.8. The van der Waals surface area contributed by atoms with E-state index in [0.29, 0.717) is 42.3 Å². The van der Waals surface area contributed by atoms with Gasteiger partial charge in [0.2, 0.25) is 0 Å². The molecule has 2 aromatic rings. The molecule has 4 heteroatoms. The van der Waals surface area contributed by atoms with Crippen LogP contribution in [0.25, 0.3) is 0 Å². The number of para-hydroxylation sites is 4. The highest BCUT2D eigenvalue weighted by Gasteiger charge is 2.44. The molecule has 0 aromatic heterocycles. The minimum Gasteiger partial charge on any atom is -0.491 e. The summed E-state index contributed by atoms with van der Waals surface area (Å²) in [5, 5.41) is 0. The van der Waals surface area contributed by atoms with E-state index in [1.807, 2.05) is 48.5 Å². The Kier molecular flexibility index (Phi) is 8.89. The van der Waals surface area contributed by atoms with Crippen LogP contribution in [0.5, 0.6) is 11.5 Å². The third kappa shape index (κ3) is 7.08. The Morgan fingerprint density at radius 2 is 1.16 bits per heavy atom. The SMILES string of the molecule is CC(C)CC(C)C(COc1ccccc1N)(COc1ccccc1N)C(C)CC(C)(C)C. The van der Waals surface area contributed by atoms with Crippen LogP contribution in [0, 0.1) is 28.6 Å². The zero-order valence-corrected chi connectivity index (χ0v) is 21.2. The third-order valence-corrected chi connectivity index (χ3v) is 6.54. The van der Waals surface area contributed by atoms with Gasteiger partial charge in [0.15, 0.2) is 0 Å². The number of nitrogens with two attached hydrogens (primary N) is 2. The molecule has 4 N–H and O–H groups in total. The number of ether oxygens (including phenoxy) is 2. The van der Waals surface area contributed by atoms with Crippen molar-refractivity contribution in [3.8, 4) is 11.5 Å². The van der Waals surface area contributed by atoms with Gasteiger partial charge < -0.3 is 20.9 Å². The first-order valence-electron chi connectivity index (χ1n) is 11.9. The van der Waals surface area contributed by atoms with Gasteiger partial charge in [0.25, 0.3) is 0 Å². The molecule has 0 saturated heterocycles. The zero-order chi connectivity index (χ0) is 23.9. The standard InChI is InChI=1S/C28H44N2O2/c1-20(2)16-21(3)28(22(4)17-27(5,6)7,18-31-25-14-10-8-12-23(25)29)19-32-26-15-11-9-13-24(26)30/h8-15,20-22H,16-19,29-30H2,1-7H3. The molecule has 0 bridgehead atoms. The van der Waals surface area contributed by atoms with Gasteiger partial charge in [0, 0.05) is 5.41 Å². The molecule has 0 aliphatic carbocycles. The van der Waals surface area contributed by atoms with E-state index in [4.69, 9.17) is 20.9 Å². The maximum absolute atomic E-state index is 6.42. The second kappa shape index (κ2) is 11.0. The van der Waals surface area contributed by atoms with Crippen LogP contribution in [0.3, 0.4) is 0 Å². The Labute approximate surface area is 195 Å². The van der Waals surface area contributed by atoms with E-state index in [0.717, 1.165) is 24.3 Å². The first kappa shape index (κ1) is 25.9. The summed E-state index contributed by atoms with van der Waals surface area (Å²) >= 11 is 0. The first-order valence-corrected chi connectivity index (χ1v) is 11.9. The second-order valence-electron chi connectivity index (χ2n) is 11.1. The molecule has 2 atom stereocenters. The van der Waals surface area contributed by atoms with E-state index in [2.05, 4.69) is 48.5 Å². The lowest BCUT2D eigenvalue weighted by atomic mass is 9.62. The van der Waals surface area contributed by atoms with Crippen LogP contribution in [0.4, 0.5) is 11.4 Å². The van der Waals surface area contributed by atoms with Gasteiger partial charge >= 0.3 is 0 Å². The monoisotopic (exact) mass is 440 g/mol. The van der Waals surface area contributed by atoms with Gasteiger partial charge in [0.05, 0.1) is 24.6 Å². The Bertz CT molecular complexity index is 792. The van der Waals surface area contributed by atoms with Crippen molar-refractivity contribution in [1.29, 1.82) is 0 Å². The van der Waals surface area contributed by atoms with Crippen LogP contribution >= 0.6 is 0 Å². The summed E-state index contributed by atoms with van der Waals surface area (Å²) in [6.07, 6.45) is 2.16. The quantitative estimate of drug-likeness (QED) is 0.367. The molecule has 2 rings (SSSR count). The lowest BCUT2D eigenvalue weighted by Gasteiger charge is -2.46. The Hall–Kier alpha value is -2.36. The first-order chi connectivity index (χ1) is 14.9. The molecule has 0 spiro atoms. The number of anilines is 2. The number of nitrogen functional groups attached to an aromatic ring is 2. The molecule has 2 aromatic carbocycles. The highest BCUT2D eigenvalue weighted by Crippen LogP contribution is 2.45. The van der Waals surface area contributed by atoms with Crippen LogP contribution in [0.15, 0.2) is 48.5 Å². The number of rotatable bonds is 11. The van der Waals surface area contributed by atoms with E-state index >= 15 is 0 Å². The van der Waals surface area contributed by atoms with Gasteiger partial charge in [-0.3, -0.25) is 0 Å². The second-order valence-corrected chi connectivity index (χ2v) is 11.1. The summed E-state index contributed by atoms with van der Waals surface area (Å²) in [4.78, 5) is 0. The summed E-state index contributed by atoms with van der Waals surface area (Å²) in [7, 11) is 0. The van der Waals surface area contributed by atoms with Gasteiger partial charge in [-0.2, -0.15) is 0 Å². The van der Waals surface area contributed by atoms with E-state index < -0.39 is 0 Å². The Balaban J connectivity index is 2.43. The van der Waals surface area contributed by atoms with Crippen molar-refractivity contribution in [2.24, 2.45) is 28.6 Å². The molecular weight excluding hydrogens is 396 g/mol. The highest BCUT2D eigenvalue weighted by molar-refractivity contribution is 5.52. The molecule has 0 radical (unpaired) electrons. The number of hydrogen-bond acceptors (Lipinski definition) is 4. The normalized spacial score (nSPS) is 14.2. The average Bonchev–Trinajstić information content (AvgIpc) is 2.68. The van der Waals surface area contributed by atoms with Crippen molar-refractivity contribution in [3.63, 3.8) is 0 Å². The van der Waals surface area contributed by atoms with Gasteiger partial charge in [-0.05, 0) is 60.3 Å². The van der Waals surface area contributed by atoms with E-state index in [1.54, 1.807) is 0 Å². The van der Waals surface area contributed by atoms with Crippen molar-refractivity contribution in [3.05, 3.63) is 48.5 Å². The fraction of sp³-hybridized carbons (Fsp3) is 0.571. The highest BCUT2D eigenvalue weighted by atomic mass is 16.5. The van der Waals surface area contributed by atoms with Crippen LogP contribution in [-0.2, 0) is 0 Å². The molecule has 178 valence electrons. The number of benzene rings is 2. The predicted molar refractivity (Wildman–Crippen MR) is 137 cm³/mol. The zero-order valence-electron chi connectivity index (χ0n) is 21.2. The molecule has 2 unspecified atom stereocenters. The molecule has 0 aliphatic rings. The molecule has 4 nitrogen and oxygen atoms in total. The largest absolute Gasteiger partial charge is 0.491 e. The number of hydrogen-bond donors (Lipinski definition) is 2. The topological polar surface area (TPSA) is 70.5 Å². The van der Waals surface area contributed by atoms with E-state index in [-0.39, 0.29) is 10.8 Å². The predicted octanol–water partition coefficient (Wildman–Crippen LogP) is 7.05. The van der Waals surface area contributed by atoms with Crippen molar-refractivity contribution >= 4 is 11.4 Å². The van der Waals surface area contributed by atoms with Gasteiger partial charge in [-0.25, -0.2) is 0 Å². The smallest absolute Gasteiger partial charge is 0.142 e. The summed E-state index contributed by atoms with van der Waals surface area (Å²) in [6.45, 7) is 17.2. The Morgan fingerprint density at radius 3 is 1.53 bits per heavy atom. The Morgan fingerprint density at radius 1 is 0.719 bits per heavy atom. The maximum Gasteiger partial charge on any atom is 0.142 e. The molecular formula is C28H44N2O2. The van der Waals surface area contributed by atoms with Crippen LogP contribution in [0.1, 0.15) is 61.3 Å². The molecule has 32 heavy (non-hydrogen) atoms.